The summed E-state index contributed by atoms with van der Waals surface area (Å²) in [5.74, 6) is 0. The van der Waals surface area contributed by atoms with Crippen LogP contribution in [0.4, 0.5) is 5.69 Å². The second kappa shape index (κ2) is 5.04. The number of benzene rings is 1. The summed E-state index contributed by atoms with van der Waals surface area (Å²) in [6, 6.07) is 3.22. The van der Waals surface area contributed by atoms with Crippen LogP contribution < -0.4 is 5.73 Å². The van der Waals surface area contributed by atoms with Gasteiger partial charge in [-0.2, -0.15) is 0 Å². The van der Waals surface area contributed by atoms with Gasteiger partial charge in [0.2, 0.25) is 0 Å². The highest BCUT2D eigenvalue weighted by atomic mass is 16.6. The van der Waals surface area contributed by atoms with Gasteiger partial charge >= 0.3 is 0 Å². The number of rotatable bonds is 3. The lowest BCUT2D eigenvalue weighted by molar-refractivity contribution is -0.385. The first-order valence-corrected chi connectivity index (χ1v) is 6.13. The first-order chi connectivity index (χ1) is 8.50. The standard InChI is InChI=1S/C13H18N2O3/c1-8-6-10(7-11(9(8)2)15(16)17)13(14)12-4-3-5-18-12/h6-7,12-13H,3-5,14H2,1-2H3. The van der Waals surface area contributed by atoms with Crippen molar-refractivity contribution in [3.63, 3.8) is 0 Å². The van der Waals surface area contributed by atoms with Gasteiger partial charge in [0.05, 0.1) is 17.1 Å². The predicted molar refractivity (Wildman–Crippen MR) is 68.5 cm³/mol. The van der Waals surface area contributed by atoms with E-state index >= 15 is 0 Å². The molecular formula is C13H18N2O3. The molecule has 2 rings (SSSR count). The van der Waals surface area contributed by atoms with Crippen LogP contribution in [0.3, 0.4) is 0 Å². The van der Waals surface area contributed by atoms with Gasteiger partial charge in [0, 0.05) is 18.2 Å². The van der Waals surface area contributed by atoms with E-state index in [-0.39, 0.29) is 22.8 Å². The molecule has 1 heterocycles. The van der Waals surface area contributed by atoms with Crippen LogP contribution in [0, 0.1) is 24.0 Å². The summed E-state index contributed by atoms with van der Waals surface area (Å²) in [7, 11) is 0. The number of nitro groups is 1. The number of nitro benzene ring substituents is 1. The van der Waals surface area contributed by atoms with Gasteiger partial charge in [0.25, 0.3) is 5.69 Å². The van der Waals surface area contributed by atoms with Crippen LogP contribution in [0.15, 0.2) is 12.1 Å². The minimum Gasteiger partial charge on any atom is -0.376 e. The molecule has 2 atom stereocenters. The molecule has 1 aromatic rings. The van der Waals surface area contributed by atoms with Crippen LogP contribution in [0.5, 0.6) is 0 Å². The fourth-order valence-electron chi connectivity index (χ4n) is 2.35. The summed E-state index contributed by atoms with van der Waals surface area (Å²) in [6.45, 7) is 4.36. The third-order valence-electron chi connectivity index (χ3n) is 3.61. The molecule has 0 bridgehead atoms. The van der Waals surface area contributed by atoms with Crippen molar-refractivity contribution < 1.29 is 9.66 Å². The number of hydrogen-bond acceptors (Lipinski definition) is 4. The molecule has 5 nitrogen and oxygen atoms in total. The third-order valence-corrected chi connectivity index (χ3v) is 3.61. The van der Waals surface area contributed by atoms with Gasteiger partial charge in [-0.25, -0.2) is 0 Å². The molecular weight excluding hydrogens is 232 g/mol. The molecule has 0 aliphatic carbocycles. The Balaban J connectivity index is 2.35. The van der Waals surface area contributed by atoms with Crippen molar-refractivity contribution in [2.45, 2.75) is 38.8 Å². The Bertz CT molecular complexity index is 468. The summed E-state index contributed by atoms with van der Waals surface area (Å²) in [4.78, 5) is 10.7. The Labute approximate surface area is 106 Å². The van der Waals surface area contributed by atoms with Crippen LogP contribution in [0.1, 0.15) is 35.6 Å². The van der Waals surface area contributed by atoms with E-state index in [0.717, 1.165) is 30.6 Å². The van der Waals surface area contributed by atoms with Gasteiger partial charge in [-0.15, -0.1) is 0 Å². The molecule has 1 aromatic carbocycles. The Morgan fingerprint density at radius 1 is 1.50 bits per heavy atom. The minimum atomic E-state index is -0.353. The maximum atomic E-state index is 11.0. The highest BCUT2D eigenvalue weighted by molar-refractivity contribution is 5.48. The van der Waals surface area contributed by atoms with Crippen molar-refractivity contribution in [1.29, 1.82) is 0 Å². The van der Waals surface area contributed by atoms with Crippen molar-refractivity contribution >= 4 is 5.69 Å². The zero-order chi connectivity index (χ0) is 13.3. The molecule has 0 spiro atoms. The Hall–Kier alpha value is -1.46. The van der Waals surface area contributed by atoms with E-state index in [9.17, 15) is 10.1 Å². The number of ether oxygens (including phenoxy) is 1. The highest BCUT2D eigenvalue weighted by Gasteiger charge is 2.26. The SMILES string of the molecule is Cc1cc(C(N)C2CCCO2)cc([N+](=O)[O-])c1C. The number of nitrogens with zero attached hydrogens (tertiary/aromatic N) is 1. The predicted octanol–water partition coefficient (Wildman–Crippen LogP) is 2.39. The second-order valence-electron chi connectivity index (χ2n) is 4.82. The second-order valence-corrected chi connectivity index (χ2v) is 4.82. The minimum absolute atomic E-state index is 0.0216. The third kappa shape index (κ3) is 2.37. The molecule has 2 N–H and O–H groups in total. The monoisotopic (exact) mass is 250 g/mol. The zero-order valence-electron chi connectivity index (χ0n) is 10.7. The van der Waals surface area contributed by atoms with Gasteiger partial charge in [-0.05, 0) is 37.8 Å². The van der Waals surface area contributed by atoms with Crippen molar-refractivity contribution in [3.05, 3.63) is 38.9 Å². The van der Waals surface area contributed by atoms with Gasteiger partial charge in [-0.3, -0.25) is 10.1 Å². The normalized spacial score (nSPS) is 20.9. The summed E-state index contributed by atoms with van der Waals surface area (Å²) in [5.41, 5.74) is 8.66. The molecule has 2 unspecified atom stereocenters. The zero-order valence-corrected chi connectivity index (χ0v) is 10.7. The molecule has 1 fully saturated rings. The molecule has 0 amide bonds. The van der Waals surface area contributed by atoms with Crippen LogP contribution in [0.2, 0.25) is 0 Å². The van der Waals surface area contributed by atoms with E-state index in [2.05, 4.69) is 0 Å². The van der Waals surface area contributed by atoms with Crippen LogP contribution in [0.25, 0.3) is 0 Å². The topological polar surface area (TPSA) is 78.4 Å². The quantitative estimate of drug-likeness (QED) is 0.660. The lowest BCUT2D eigenvalue weighted by atomic mass is 9.95. The van der Waals surface area contributed by atoms with Crippen molar-refractivity contribution in [3.8, 4) is 0 Å². The van der Waals surface area contributed by atoms with E-state index in [1.165, 1.54) is 0 Å². The Kier molecular flexibility index (Phi) is 3.63. The summed E-state index contributed by atoms with van der Waals surface area (Å²) in [6.07, 6.45) is 1.90. The van der Waals surface area contributed by atoms with E-state index < -0.39 is 0 Å². The van der Waals surface area contributed by atoms with Crippen molar-refractivity contribution in [1.82, 2.24) is 0 Å². The maximum Gasteiger partial charge on any atom is 0.272 e. The first-order valence-electron chi connectivity index (χ1n) is 6.13. The van der Waals surface area contributed by atoms with Crippen LogP contribution >= 0.6 is 0 Å². The van der Waals surface area contributed by atoms with E-state index in [1.807, 2.05) is 13.0 Å². The lowest BCUT2D eigenvalue weighted by Gasteiger charge is -2.19. The molecule has 0 saturated carbocycles. The number of hydrogen-bond donors (Lipinski definition) is 1. The molecule has 1 aliphatic rings. The number of aryl methyl sites for hydroxylation is 1. The van der Waals surface area contributed by atoms with E-state index in [0.29, 0.717) is 5.56 Å². The Morgan fingerprint density at radius 2 is 2.22 bits per heavy atom. The smallest absolute Gasteiger partial charge is 0.272 e. The molecule has 18 heavy (non-hydrogen) atoms. The Morgan fingerprint density at radius 3 is 2.78 bits per heavy atom. The fourth-order valence-corrected chi connectivity index (χ4v) is 2.35. The van der Waals surface area contributed by atoms with E-state index in [1.54, 1.807) is 13.0 Å². The van der Waals surface area contributed by atoms with Gasteiger partial charge in [-0.1, -0.05) is 6.07 Å². The summed E-state index contributed by atoms with van der Waals surface area (Å²) in [5, 5.41) is 11.0. The van der Waals surface area contributed by atoms with Gasteiger partial charge in [0.1, 0.15) is 0 Å². The van der Waals surface area contributed by atoms with E-state index in [4.69, 9.17) is 10.5 Å². The first kappa shape index (κ1) is 13.0. The molecule has 1 aliphatic heterocycles. The summed E-state index contributed by atoms with van der Waals surface area (Å²) >= 11 is 0. The highest BCUT2D eigenvalue weighted by Crippen LogP contribution is 2.30. The molecule has 0 radical (unpaired) electrons. The molecule has 0 aromatic heterocycles. The van der Waals surface area contributed by atoms with Gasteiger partial charge in [0.15, 0.2) is 0 Å². The number of nitrogens with two attached hydrogens (primary N) is 1. The molecule has 5 heteroatoms. The maximum absolute atomic E-state index is 11.0. The van der Waals surface area contributed by atoms with Gasteiger partial charge < -0.3 is 10.5 Å². The van der Waals surface area contributed by atoms with Crippen molar-refractivity contribution in [2.24, 2.45) is 5.73 Å². The van der Waals surface area contributed by atoms with Crippen LogP contribution in [-0.4, -0.2) is 17.6 Å². The average Bonchev–Trinajstić information content (AvgIpc) is 2.84. The lowest BCUT2D eigenvalue weighted by Crippen LogP contribution is -2.25. The largest absolute Gasteiger partial charge is 0.376 e. The summed E-state index contributed by atoms with van der Waals surface area (Å²) < 4.78 is 5.54. The molecule has 98 valence electrons. The fraction of sp³-hybridized carbons (Fsp3) is 0.538. The molecule has 1 saturated heterocycles. The van der Waals surface area contributed by atoms with Crippen molar-refractivity contribution in [2.75, 3.05) is 6.61 Å². The average molecular weight is 250 g/mol. The van der Waals surface area contributed by atoms with Crippen LogP contribution in [-0.2, 0) is 4.74 Å².